The Morgan fingerprint density at radius 2 is 2.10 bits per heavy atom. The first-order valence-electron chi connectivity index (χ1n) is 3.06. The van der Waals surface area contributed by atoms with Gasteiger partial charge in [0.25, 0.3) is 0 Å². The standard InChI is InChI=1S/C6H10ClNO2/c1-3-5(9)8-4(2)6(7)10/h4H,3H2,1-2H3,(H,8,9). The Hall–Kier alpha value is -0.570. The Morgan fingerprint density at radius 3 is 2.40 bits per heavy atom. The zero-order valence-electron chi connectivity index (χ0n) is 5.98. The summed E-state index contributed by atoms with van der Waals surface area (Å²) in [6, 6.07) is -0.575. The fraction of sp³-hybridized carbons (Fsp3) is 0.667. The van der Waals surface area contributed by atoms with E-state index >= 15 is 0 Å². The van der Waals surface area contributed by atoms with Crippen molar-refractivity contribution in [1.29, 1.82) is 0 Å². The van der Waals surface area contributed by atoms with Crippen molar-refractivity contribution in [3.63, 3.8) is 0 Å². The molecule has 0 spiro atoms. The highest BCUT2D eigenvalue weighted by molar-refractivity contribution is 6.64. The summed E-state index contributed by atoms with van der Waals surface area (Å²) < 4.78 is 0. The maximum absolute atomic E-state index is 10.6. The lowest BCUT2D eigenvalue weighted by Gasteiger charge is -2.06. The van der Waals surface area contributed by atoms with Crippen LogP contribution in [0.1, 0.15) is 20.3 Å². The highest BCUT2D eigenvalue weighted by Gasteiger charge is 2.10. The van der Waals surface area contributed by atoms with E-state index in [9.17, 15) is 9.59 Å². The first-order chi connectivity index (χ1) is 4.57. The van der Waals surface area contributed by atoms with Gasteiger partial charge in [-0.15, -0.1) is 0 Å². The van der Waals surface area contributed by atoms with Crippen LogP contribution >= 0.6 is 11.6 Å². The van der Waals surface area contributed by atoms with Crippen molar-refractivity contribution in [2.24, 2.45) is 0 Å². The fourth-order valence-electron chi connectivity index (χ4n) is 0.400. The normalized spacial score (nSPS) is 12.3. The fourth-order valence-corrected chi connectivity index (χ4v) is 0.455. The molecule has 1 amide bonds. The van der Waals surface area contributed by atoms with Gasteiger partial charge in [-0.2, -0.15) is 0 Å². The zero-order valence-corrected chi connectivity index (χ0v) is 6.73. The van der Waals surface area contributed by atoms with E-state index in [1.807, 2.05) is 0 Å². The van der Waals surface area contributed by atoms with Crippen LogP contribution in [-0.2, 0) is 9.59 Å². The molecule has 0 saturated heterocycles. The van der Waals surface area contributed by atoms with Crippen molar-refractivity contribution >= 4 is 22.8 Å². The van der Waals surface area contributed by atoms with Gasteiger partial charge >= 0.3 is 0 Å². The summed E-state index contributed by atoms with van der Waals surface area (Å²) in [5, 5.41) is 1.87. The van der Waals surface area contributed by atoms with Gasteiger partial charge in [-0.1, -0.05) is 6.92 Å². The number of halogens is 1. The number of hydrogen-bond acceptors (Lipinski definition) is 2. The maximum atomic E-state index is 10.6. The average Bonchev–Trinajstić information content (AvgIpc) is 1.87. The van der Waals surface area contributed by atoms with E-state index in [2.05, 4.69) is 5.32 Å². The molecule has 4 heteroatoms. The molecular weight excluding hydrogens is 154 g/mol. The lowest BCUT2D eigenvalue weighted by atomic mass is 10.3. The zero-order chi connectivity index (χ0) is 8.15. The predicted octanol–water partition coefficient (Wildman–Crippen LogP) is 0.666. The lowest BCUT2D eigenvalue weighted by molar-refractivity contribution is -0.124. The van der Waals surface area contributed by atoms with Crippen molar-refractivity contribution in [3.8, 4) is 0 Å². The number of carbonyl (C=O) groups is 2. The minimum absolute atomic E-state index is 0.165. The van der Waals surface area contributed by atoms with E-state index in [1.165, 1.54) is 0 Å². The van der Waals surface area contributed by atoms with Crippen LogP contribution in [0.5, 0.6) is 0 Å². The van der Waals surface area contributed by atoms with Gasteiger partial charge in [0.1, 0.15) is 6.04 Å². The van der Waals surface area contributed by atoms with Crippen molar-refractivity contribution in [3.05, 3.63) is 0 Å². The topological polar surface area (TPSA) is 46.2 Å². The molecule has 0 aromatic rings. The van der Waals surface area contributed by atoms with E-state index in [0.29, 0.717) is 6.42 Å². The molecular formula is C6H10ClNO2. The molecule has 0 bridgehead atoms. The van der Waals surface area contributed by atoms with Crippen LogP contribution in [0.3, 0.4) is 0 Å². The van der Waals surface area contributed by atoms with Crippen LogP contribution in [0.15, 0.2) is 0 Å². The van der Waals surface area contributed by atoms with Crippen molar-refractivity contribution < 1.29 is 9.59 Å². The third kappa shape index (κ3) is 3.45. The third-order valence-electron chi connectivity index (χ3n) is 1.04. The summed E-state index contributed by atoms with van der Waals surface area (Å²) in [7, 11) is 0. The molecule has 0 aromatic carbocycles. The largest absolute Gasteiger partial charge is 0.345 e. The molecule has 0 aliphatic heterocycles. The SMILES string of the molecule is CCC(=O)NC(C)C(=O)Cl. The molecule has 0 aromatic heterocycles. The summed E-state index contributed by atoms with van der Waals surface area (Å²) in [5.74, 6) is -0.165. The molecule has 0 radical (unpaired) electrons. The monoisotopic (exact) mass is 163 g/mol. The second-order valence-corrected chi connectivity index (χ2v) is 2.32. The van der Waals surface area contributed by atoms with E-state index < -0.39 is 11.3 Å². The first-order valence-corrected chi connectivity index (χ1v) is 3.44. The smallest absolute Gasteiger partial charge is 0.243 e. The minimum Gasteiger partial charge on any atom is -0.345 e. The lowest BCUT2D eigenvalue weighted by Crippen LogP contribution is -2.35. The average molecular weight is 164 g/mol. The van der Waals surface area contributed by atoms with Crippen molar-refractivity contribution in [1.82, 2.24) is 5.32 Å². The van der Waals surface area contributed by atoms with E-state index in [-0.39, 0.29) is 5.91 Å². The quantitative estimate of drug-likeness (QED) is 0.622. The van der Waals surface area contributed by atoms with E-state index in [1.54, 1.807) is 13.8 Å². The van der Waals surface area contributed by atoms with Gasteiger partial charge in [0, 0.05) is 6.42 Å². The molecule has 58 valence electrons. The van der Waals surface area contributed by atoms with Crippen molar-refractivity contribution in [2.75, 3.05) is 0 Å². The molecule has 1 N–H and O–H groups in total. The number of hydrogen-bond donors (Lipinski definition) is 1. The molecule has 0 aliphatic carbocycles. The molecule has 0 saturated carbocycles. The summed E-state index contributed by atoms with van der Waals surface area (Å²) in [5.41, 5.74) is 0. The Balaban J connectivity index is 3.68. The molecule has 0 aliphatic rings. The predicted molar refractivity (Wildman–Crippen MR) is 38.8 cm³/mol. The van der Waals surface area contributed by atoms with Crippen LogP contribution in [0.4, 0.5) is 0 Å². The van der Waals surface area contributed by atoms with E-state index in [4.69, 9.17) is 11.6 Å². The highest BCUT2D eigenvalue weighted by atomic mass is 35.5. The Labute approximate surface area is 64.7 Å². The summed E-state index contributed by atoms with van der Waals surface area (Å²) >= 11 is 5.08. The molecule has 0 rings (SSSR count). The second-order valence-electron chi connectivity index (χ2n) is 1.95. The third-order valence-corrected chi connectivity index (χ3v) is 1.37. The minimum atomic E-state index is -0.575. The molecule has 0 fully saturated rings. The Morgan fingerprint density at radius 1 is 1.60 bits per heavy atom. The molecule has 3 nitrogen and oxygen atoms in total. The maximum Gasteiger partial charge on any atom is 0.243 e. The van der Waals surface area contributed by atoms with Crippen LogP contribution in [-0.4, -0.2) is 17.2 Å². The van der Waals surface area contributed by atoms with Crippen LogP contribution in [0.25, 0.3) is 0 Å². The van der Waals surface area contributed by atoms with Gasteiger partial charge in [-0.25, -0.2) is 0 Å². The Kier molecular flexibility index (Phi) is 4.03. The number of amides is 1. The van der Waals surface area contributed by atoms with Crippen LogP contribution in [0, 0.1) is 0 Å². The van der Waals surface area contributed by atoms with Gasteiger partial charge in [0.05, 0.1) is 0 Å². The summed E-state index contributed by atoms with van der Waals surface area (Å²) in [4.78, 5) is 21.0. The van der Waals surface area contributed by atoms with Gasteiger partial charge < -0.3 is 5.32 Å². The van der Waals surface area contributed by atoms with Gasteiger partial charge in [0.2, 0.25) is 11.1 Å². The van der Waals surface area contributed by atoms with Gasteiger partial charge in [-0.3, -0.25) is 9.59 Å². The number of rotatable bonds is 3. The molecule has 1 atom stereocenters. The first kappa shape index (κ1) is 9.43. The van der Waals surface area contributed by atoms with Gasteiger partial charge in [0.15, 0.2) is 0 Å². The molecule has 0 heterocycles. The Bertz CT molecular complexity index is 147. The molecule has 10 heavy (non-hydrogen) atoms. The van der Waals surface area contributed by atoms with Crippen LogP contribution < -0.4 is 5.32 Å². The van der Waals surface area contributed by atoms with Crippen LogP contribution in [0.2, 0.25) is 0 Å². The van der Waals surface area contributed by atoms with Gasteiger partial charge in [-0.05, 0) is 18.5 Å². The summed E-state index contributed by atoms with van der Waals surface area (Å²) in [6.07, 6.45) is 0.370. The second kappa shape index (κ2) is 4.28. The highest BCUT2D eigenvalue weighted by Crippen LogP contribution is 1.89. The number of carbonyl (C=O) groups excluding carboxylic acids is 2. The number of nitrogens with one attached hydrogen (secondary N) is 1. The molecule has 1 unspecified atom stereocenters. The summed E-state index contributed by atoms with van der Waals surface area (Å²) in [6.45, 7) is 3.25. The van der Waals surface area contributed by atoms with E-state index in [0.717, 1.165) is 0 Å². The van der Waals surface area contributed by atoms with Crippen molar-refractivity contribution in [2.45, 2.75) is 26.3 Å².